The van der Waals surface area contributed by atoms with Crippen LogP contribution in [0.2, 0.25) is 0 Å². The number of nitrogens with zero attached hydrogens (tertiary/aromatic N) is 1. The molecule has 0 saturated carbocycles. The average molecular weight is 239 g/mol. The molecule has 17 heavy (non-hydrogen) atoms. The molecule has 0 aliphatic rings. The van der Waals surface area contributed by atoms with Gasteiger partial charge in [-0.3, -0.25) is 4.79 Å². The van der Waals surface area contributed by atoms with Gasteiger partial charge in [-0.15, -0.1) is 0 Å². The molecular weight excluding hydrogens is 221 g/mol. The van der Waals surface area contributed by atoms with Crippen LogP contribution >= 0.6 is 0 Å². The van der Waals surface area contributed by atoms with E-state index in [1.165, 1.54) is 6.07 Å². The van der Waals surface area contributed by atoms with Crippen LogP contribution < -0.4 is 0 Å². The van der Waals surface area contributed by atoms with Gasteiger partial charge in [-0.05, 0) is 25.0 Å². The summed E-state index contributed by atoms with van der Waals surface area (Å²) in [5.74, 6) is -0.454. The minimum absolute atomic E-state index is 0.0590. The lowest BCUT2D eigenvalue weighted by atomic mass is 10.1. The molecule has 0 radical (unpaired) electrons. The number of halogens is 1. The molecule has 1 N–H and O–H groups in total. The lowest BCUT2D eigenvalue weighted by Gasteiger charge is -2.20. The molecule has 1 amide bonds. The van der Waals surface area contributed by atoms with Crippen LogP contribution in [-0.2, 0) is 11.2 Å². The van der Waals surface area contributed by atoms with Gasteiger partial charge >= 0.3 is 0 Å². The topological polar surface area (TPSA) is 40.5 Å². The Hall–Kier alpha value is -1.42. The Labute approximate surface area is 101 Å². The third-order valence-corrected chi connectivity index (χ3v) is 2.62. The lowest BCUT2D eigenvalue weighted by molar-refractivity contribution is -0.130. The van der Waals surface area contributed by atoms with Crippen molar-refractivity contribution in [2.24, 2.45) is 0 Å². The number of aliphatic hydroxyl groups excluding tert-OH is 1. The summed E-state index contributed by atoms with van der Waals surface area (Å²) in [6.07, 6.45) is 0.628. The summed E-state index contributed by atoms with van der Waals surface area (Å²) >= 11 is 0. The summed E-state index contributed by atoms with van der Waals surface area (Å²) in [5, 5.41) is 8.73. The van der Waals surface area contributed by atoms with E-state index < -0.39 is 0 Å². The number of hydrogen-bond acceptors (Lipinski definition) is 2. The smallest absolute Gasteiger partial charge is 0.227 e. The van der Waals surface area contributed by atoms with Gasteiger partial charge in [0.2, 0.25) is 5.91 Å². The van der Waals surface area contributed by atoms with E-state index in [1.807, 2.05) is 6.92 Å². The second-order valence-corrected chi connectivity index (χ2v) is 3.82. The fourth-order valence-electron chi connectivity index (χ4n) is 1.64. The Kier molecular flexibility index (Phi) is 5.63. The molecule has 0 atom stereocenters. The molecule has 0 heterocycles. The highest BCUT2D eigenvalue weighted by Gasteiger charge is 2.13. The van der Waals surface area contributed by atoms with Crippen LogP contribution in [-0.4, -0.2) is 35.6 Å². The Morgan fingerprint density at radius 1 is 1.41 bits per heavy atom. The molecule has 0 saturated heterocycles. The van der Waals surface area contributed by atoms with Gasteiger partial charge in [-0.25, -0.2) is 4.39 Å². The van der Waals surface area contributed by atoms with E-state index >= 15 is 0 Å². The quantitative estimate of drug-likeness (QED) is 0.819. The number of carbonyl (C=O) groups excluding carboxylic acids is 1. The van der Waals surface area contributed by atoms with Crippen molar-refractivity contribution in [3.63, 3.8) is 0 Å². The maximum Gasteiger partial charge on any atom is 0.227 e. The van der Waals surface area contributed by atoms with Gasteiger partial charge in [0.15, 0.2) is 0 Å². The maximum atomic E-state index is 13.4. The normalized spacial score (nSPS) is 10.3. The Balaban J connectivity index is 2.61. The van der Waals surface area contributed by atoms with E-state index in [2.05, 4.69) is 0 Å². The van der Waals surface area contributed by atoms with Gasteiger partial charge < -0.3 is 10.0 Å². The molecule has 94 valence electrons. The van der Waals surface area contributed by atoms with Crippen LogP contribution in [0.4, 0.5) is 4.39 Å². The predicted octanol–water partition coefficient (Wildman–Crippen LogP) is 1.60. The summed E-state index contributed by atoms with van der Waals surface area (Å²) in [4.78, 5) is 13.5. The fraction of sp³-hybridized carbons (Fsp3) is 0.462. The molecule has 0 aromatic heterocycles. The molecule has 0 bridgehead atoms. The number of aliphatic hydroxyl groups is 1. The van der Waals surface area contributed by atoms with Crippen molar-refractivity contribution in [1.29, 1.82) is 0 Å². The highest BCUT2D eigenvalue weighted by atomic mass is 19.1. The van der Waals surface area contributed by atoms with Crippen LogP contribution in [0.25, 0.3) is 0 Å². The van der Waals surface area contributed by atoms with Crippen molar-refractivity contribution >= 4 is 5.91 Å². The molecule has 0 aliphatic carbocycles. The van der Waals surface area contributed by atoms with E-state index in [9.17, 15) is 9.18 Å². The summed E-state index contributed by atoms with van der Waals surface area (Å²) in [6, 6.07) is 6.29. The minimum Gasteiger partial charge on any atom is -0.396 e. The van der Waals surface area contributed by atoms with Gasteiger partial charge in [0.25, 0.3) is 0 Å². The van der Waals surface area contributed by atoms with Crippen molar-refractivity contribution in [1.82, 2.24) is 4.90 Å². The molecule has 0 fully saturated rings. The van der Waals surface area contributed by atoms with Crippen molar-refractivity contribution < 1.29 is 14.3 Å². The first-order chi connectivity index (χ1) is 8.19. The second-order valence-electron chi connectivity index (χ2n) is 3.82. The second kappa shape index (κ2) is 7.01. The van der Waals surface area contributed by atoms with Gasteiger partial charge in [0, 0.05) is 19.7 Å². The van der Waals surface area contributed by atoms with E-state index in [0.29, 0.717) is 25.1 Å². The van der Waals surface area contributed by atoms with E-state index in [0.717, 1.165) is 0 Å². The van der Waals surface area contributed by atoms with E-state index in [1.54, 1.807) is 23.1 Å². The van der Waals surface area contributed by atoms with Crippen LogP contribution in [0.1, 0.15) is 18.9 Å². The minimum atomic E-state index is -0.348. The van der Waals surface area contributed by atoms with Crippen molar-refractivity contribution in [2.45, 2.75) is 19.8 Å². The fourth-order valence-corrected chi connectivity index (χ4v) is 1.64. The van der Waals surface area contributed by atoms with Crippen LogP contribution in [0, 0.1) is 5.82 Å². The Morgan fingerprint density at radius 2 is 2.12 bits per heavy atom. The van der Waals surface area contributed by atoms with Crippen molar-refractivity contribution in [2.75, 3.05) is 19.7 Å². The summed E-state index contributed by atoms with van der Waals surface area (Å²) in [5.41, 5.74) is 0.417. The van der Waals surface area contributed by atoms with E-state index in [4.69, 9.17) is 5.11 Å². The lowest BCUT2D eigenvalue weighted by Crippen LogP contribution is -2.33. The highest BCUT2D eigenvalue weighted by molar-refractivity contribution is 5.78. The zero-order chi connectivity index (χ0) is 12.7. The average Bonchev–Trinajstić information content (AvgIpc) is 2.33. The van der Waals surface area contributed by atoms with Gasteiger partial charge in [0.1, 0.15) is 5.82 Å². The number of amides is 1. The maximum absolute atomic E-state index is 13.4. The molecule has 4 heteroatoms. The molecule has 1 aromatic carbocycles. The number of likely N-dealkylation sites (N-methyl/N-ethyl adjacent to an activating group) is 1. The standard InChI is InChI=1S/C13H18FNO2/c1-2-15(8-5-9-16)13(17)10-11-6-3-4-7-12(11)14/h3-4,6-7,16H,2,5,8-10H2,1H3. The number of carbonyl (C=O) groups is 1. The molecule has 3 nitrogen and oxygen atoms in total. The molecule has 1 rings (SSSR count). The van der Waals surface area contributed by atoms with Crippen LogP contribution in [0.15, 0.2) is 24.3 Å². The zero-order valence-electron chi connectivity index (χ0n) is 10.0. The van der Waals surface area contributed by atoms with Gasteiger partial charge in [-0.2, -0.15) is 0 Å². The third-order valence-electron chi connectivity index (χ3n) is 2.62. The molecule has 0 unspecified atom stereocenters. The van der Waals surface area contributed by atoms with Crippen molar-refractivity contribution in [3.8, 4) is 0 Å². The number of benzene rings is 1. The number of rotatable bonds is 6. The predicted molar refractivity (Wildman–Crippen MR) is 64.1 cm³/mol. The van der Waals surface area contributed by atoms with Crippen molar-refractivity contribution in [3.05, 3.63) is 35.6 Å². The largest absolute Gasteiger partial charge is 0.396 e. The number of hydrogen-bond donors (Lipinski definition) is 1. The Morgan fingerprint density at radius 3 is 2.71 bits per heavy atom. The first-order valence-electron chi connectivity index (χ1n) is 5.81. The first kappa shape index (κ1) is 13.6. The highest BCUT2D eigenvalue weighted by Crippen LogP contribution is 2.09. The molecular formula is C13H18FNO2. The summed E-state index contributed by atoms with van der Waals surface area (Å²) in [7, 11) is 0. The third kappa shape index (κ3) is 4.15. The van der Waals surface area contributed by atoms with Crippen LogP contribution in [0.3, 0.4) is 0 Å². The van der Waals surface area contributed by atoms with Gasteiger partial charge in [-0.1, -0.05) is 18.2 Å². The summed E-state index contributed by atoms with van der Waals surface area (Å²) in [6.45, 7) is 3.02. The molecule has 0 aliphatic heterocycles. The summed E-state index contributed by atoms with van der Waals surface area (Å²) < 4.78 is 13.4. The van der Waals surface area contributed by atoms with Gasteiger partial charge in [0.05, 0.1) is 6.42 Å². The SMILES string of the molecule is CCN(CCCO)C(=O)Cc1ccccc1F. The molecule has 0 spiro atoms. The zero-order valence-corrected chi connectivity index (χ0v) is 10.0. The monoisotopic (exact) mass is 239 g/mol. The first-order valence-corrected chi connectivity index (χ1v) is 5.81. The molecule has 1 aromatic rings. The van der Waals surface area contributed by atoms with E-state index in [-0.39, 0.29) is 24.8 Å². The Bertz CT molecular complexity index is 368. The van der Waals surface area contributed by atoms with Crippen LogP contribution in [0.5, 0.6) is 0 Å².